The van der Waals surface area contributed by atoms with E-state index in [0.29, 0.717) is 12.1 Å². The second kappa shape index (κ2) is 12.3. The van der Waals surface area contributed by atoms with Crippen molar-refractivity contribution < 1.29 is 45.8 Å². The van der Waals surface area contributed by atoms with E-state index >= 15 is 0 Å². The van der Waals surface area contributed by atoms with Crippen LogP contribution in [0, 0.1) is 32.1 Å². The Hall–Kier alpha value is -4.24. The molecular weight excluding hydrogens is 530 g/mol. The third-order valence-corrected chi connectivity index (χ3v) is 4.58. The van der Waals surface area contributed by atoms with Crippen LogP contribution in [0.5, 0.6) is 0 Å². The van der Waals surface area contributed by atoms with Crippen molar-refractivity contribution in [2.45, 2.75) is 40.0 Å². The summed E-state index contributed by atoms with van der Waals surface area (Å²) in [5.41, 5.74) is -5.13. The lowest BCUT2D eigenvalue weighted by atomic mass is 10.1. The molecule has 208 valence electrons. The Morgan fingerprint density at radius 2 is 0.974 bits per heavy atom. The number of nitrogens with one attached hydrogen (secondary N) is 2. The number of hydrogen-bond donors (Lipinski definition) is 2. The first-order valence-electron chi connectivity index (χ1n) is 10.6. The third-order valence-electron chi connectivity index (χ3n) is 4.58. The van der Waals surface area contributed by atoms with Crippen LogP contribution >= 0.6 is 0 Å². The molecule has 16 heteroatoms. The fourth-order valence-electron chi connectivity index (χ4n) is 2.57. The van der Waals surface area contributed by atoms with Gasteiger partial charge in [-0.3, -0.25) is 29.8 Å². The summed E-state index contributed by atoms with van der Waals surface area (Å²) in [5.74, 6) is -1.77. The number of halogens is 6. The number of nitro groups is 2. The highest BCUT2D eigenvalue weighted by atomic mass is 19.4. The molecule has 0 spiro atoms. The molecule has 0 fully saturated rings. The summed E-state index contributed by atoms with van der Waals surface area (Å²) in [6, 6.07) is 4.68. The zero-order valence-electron chi connectivity index (χ0n) is 20.2. The van der Waals surface area contributed by atoms with Gasteiger partial charge in [-0.25, -0.2) is 0 Å². The largest absolute Gasteiger partial charge is 0.423 e. The van der Waals surface area contributed by atoms with Crippen molar-refractivity contribution in [3.05, 3.63) is 67.8 Å². The van der Waals surface area contributed by atoms with Crippen molar-refractivity contribution in [2.75, 3.05) is 10.6 Å². The van der Waals surface area contributed by atoms with E-state index in [1.54, 1.807) is 27.7 Å². The van der Waals surface area contributed by atoms with Gasteiger partial charge in [0.25, 0.3) is 11.4 Å². The molecule has 0 aliphatic rings. The Kier molecular flexibility index (Phi) is 10.3. The molecular formula is C22H22F6N4O6. The number of benzene rings is 2. The van der Waals surface area contributed by atoms with Crippen LogP contribution in [-0.2, 0) is 21.9 Å². The second-order valence-corrected chi connectivity index (χ2v) is 8.26. The molecule has 10 nitrogen and oxygen atoms in total. The number of hydrogen-bond acceptors (Lipinski definition) is 6. The van der Waals surface area contributed by atoms with Gasteiger partial charge in [-0.2, -0.15) is 26.3 Å². The van der Waals surface area contributed by atoms with Crippen LogP contribution < -0.4 is 10.6 Å². The van der Waals surface area contributed by atoms with Crippen LogP contribution in [0.4, 0.5) is 49.1 Å². The SMILES string of the molecule is CC(C)C(=O)Nc1ccc([N+](=O)[O-])c(C(F)(F)F)c1.CC(C)C(=O)Nc1ccc([N+](=O)[O-])c(C(F)(F)F)c1. The van der Waals surface area contributed by atoms with Gasteiger partial charge in [0.1, 0.15) is 11.1 Å². The van der Waals surface area contributed by atoms with Crippen molar-refractivity contribution in [3.8, 4) is 0 Å². The van der Waals surface area contributed by atoms with Gasteiger partial charge in [-0.15, -0.1) is 0 Å². The fourth-order valence-corrected chi connectivity index (χ4v) is 2.57. The van der Waals surface area contributed by atoms with Crippen molar-refractivity contribution in [1.29, 1.82) is 0 Å². The number of carbonyl (C=O) groups excluding carboxylic acids is 2. The van der Waals surface area contributed by atoms with Gasteiger partial charge in [0, 0.05) is 35.3 Å². The molecule has 0 saturated carbocycles. The first kappa shape index (κ1) is 31.8. The maximum absolute atomic E-state index is 12.7. The van der Waals surface area contributed by atoms with E-state index in [1.165, 1.54) is 0 Å². The lowest BCUT2D eigenvalue weighted by molar-refractivity contribution is -0.388. The highest BCUT2D eigenvalue weighted by Crippen LogP contribution is 2.38. The van der Waals surface area contributed by atoms with Crippen LogP contribution in [0.25, 0.3) is 0 Å². The molecule has 38 heavy (non-hydrogen) atoms. The van der Waals surface area contributed by atoms with Crippen LogP contribution in [0.1, 0.15) is 38.8 Å². The van der Waals surface area contributed by atoms with E-state index in [2.05, 4.69) is 10.6 Å². The van der Waals surface area contributed by atoms with Crippen LogP contribution in [0.3, 0.4) is 0 Å². The molecule has 0 bridgehead atoms. The van der Waals surface area contributed by atoms with Gasteiger partial charge < -0.3 is 10.6 Å². The molecule has 0 saturated heterocycles. The number of anilines is 2. The van der Waals surface area contributed by atoms with Gasteiger partial charge in [-0.1, -0.05) is 27.7 Å². The molecule has 0 aliphatic carbocycles. The number of amides is 2. The van der Waals surface area contributed by atoms with E-state index in [1.807, 2.05) is 0 Å². The van der Waals surface area contributed by atoms with Gasteiger partial charge in [-0.05, 0) is 24.3 Å². The van der Waals surface area contributed by atoms with Gasteiger partial charge in [0.15, 0.2) is 0 Å². The highest BCUT2D eigenvalue weighted by molar-refractivity contribution is 5.93. The molecule has 0 unspecified atom stereocenters. The zero-order valence-corrected chi connectivity index (χ0v) is 20.2. The summed E-state index contributed by atoms with van der Waals surface area (Å²) < 4.78 is 76.0. The number of nitro benzene ring substituents is 2. The number of alkyl halides is 6. The lowest BCUT2D eigenvalue weighted by Crippen LogP contribution is -2.18. The summed E-state index contributed by atoms with van der Waals surface area (Å²) in [6.07, 6.45) is -9.72. The first-order valence-corrected chi connectivity index (χ1v) is 10.6. The minimum atomic E-state index is -4.86. The maximum Gasteiger partial charge on any atom is 0.423 e. The summed E-state index contributed by atoms with van der Waals surface area (Å²) in [4.78, 5) is 41.6. The molecule has 2 rings (SSSR count). The minimum absolute atomic E-state index is 0.128. The molecule has 2 aromatic carbocycles. The maximum atomic E-state index is 12.7. The van der Waals surface area contributed by atoms with E-state index in [9.17, 15) is 56.2 Å². The minimum Gasteiger partial charge on any atom is -0.326 e. The van der Waals surface area contributed by atoms with Gasteiger partial charge in [0.2, 0.25) is 11.8 Å². The molecule has 2 aromatic rings. The fraction of sp³-hybridized carbons (Fsp3) is 0.364. The van der Waals surface area contributed by atoms with Crippen molar-refractivity contribution >= 4 is 34.6 Å². The predicted octanol–water partition coefficient (Wildman–Crippen LogP) is 6.42. The van der Waals surface area contributed by atoms with Gasteiger partial charge >= 0.3 is 12.4 Å². The van der Waals surface area contributed by atoms with E-state index in [0.717, 1.165) is 24.3 Å². The standard InChI is InChI=1S/2C11H11F3N2O3/c2*1-6(2)10(17)15-7-3-4-9(16(18)19)8(5-7)11(12,13)14/h2*3-6H,1-2H3,(H,15,17). The monoisotopic (exact) mass is 552 g/mol. The Bertz CT molecular complexity index is 1120. The van der Waals surface area contributed by atoms with E-state index < -0.39 is 68.4 Å². The summed E-state index contributed by atoms with van der Waals surface area (Å²) in [5, 5.41) is 25.6. The van der Waals surface area contributed by atoms with Crippen molar-refractivity contribution in [1.82, 2.24) is 0 Å². The smallest absolute Gasteiger partial charge is 0.326 e. The van der Waals surface area contributed by atoms with Crippen LogP contribution in [-0.4, -0.2) is 21.7 Å². The van der Waals surface area contributed by atoms with Crippen molar-refractivity contribution in [3.63, 3.8) is 0 Å². The average molecular weight is 552 g/mol. The Morgan fingerprint density at radius 1 is 0.684 bits per heavy atom. The molecule has 0 heterocycles. The number of nitrogens with zero attached hydrogens (tertiary/aromatic N) is 2. The topological polar surface area (TPSA) is 144 Å². The van der Waals surface area contributed by atoms with Crippen LogP contribution in [0.2, 0.25) is 0 Å². The van der Waals surface area contributed by atoms with Crippen LogP contribution in [0.15, 0.2) is 36.4 Å². The zero-order chi connectivity index (χ0) is 29.6. The quantitative estimate of drug-likeness (QED) is 0.241. The lowest BCUT2D eigenvalue weighted by Gasteiger charge is -2.11. The Balaban J connectivity index is 0.000000380. The third kappa shape index (κ3) is 9.01. The molecule has 0 aromatic heterocycles. The predicted molar refractivity (Wildman–Crippen MR) is 123 cm³/mol. The normalized spacial score (nSPS) is 11.5. The molecule has 2 N–H and O–H groups in total. The Labute approximate surface area is 211 Å². The number of rotatable bonds is 6. The first-order chi connectivity index (χ1) is 17.2. The summed E-state index contributed by atoms with van der Waals surface area (Å²) in [7, 11) is 0. The molecule has 0 aliphatic heterocycles. The van der Waals surface area contributed by atoms with E-state index in [-0.39, 0.29) is 11.4 Å². The summed E-state index contributed by atoms with van der Waals surface area (Å²) in [6.45, 7) is 6.30. The molecule has 2 amide bonds. The van der Waals surface area contributed by atoms with Gasteiger partial charge in [0.05, 0.1) is 9.85 Å². The summed E-state index contributed by atoms with van der Waals surface area (Å²) >= 11 is 0. The molecule has 0 atom stereocenters. The Morgan fingerprint density at radius 3 is 1.18 bits per heavy atom. The van der Waals surface area contributed by atoms with Crippen molar-refractivity contribution in [2.24, 2.45) is 11.8 Å². The second-order valence-electron chi connectivity index (χ2n) is 8.26. The highest BCUT2D eigenvalue weighted by Gasteiger charge is 2.39. The molecule has 0 radical (unpaired) electrons. The average Bonchev–Trinajstić information content (AvgIpc) is 2.77. The van der Waals surface area contributed by atoms with E-state index in [4.69, 9.17) is 0 Å². The number of carbonyl (C=O) groups is 2.